The number of urea groups is 1. The van der Waals surface area contributed by atoms with Crippen LogP contribution in [0.4, 0.5) is 4.79 Å². The number of hydrogen-bond acceptors (Lipinski definition) is 5. The second-order valence-corrected chi connectivity index (χ2v) is 9.65. The lowest BCUT2D eigenvalue weighted by atomic mass is 9.44. The number of esters is 1. The molecular formula is C21H33N3O6. The number of amides is 3. The highest BCUT2D eigenvalue weighted by Crippen LogP contribution is 2.65. The number of aliphatic carboxylic acids is 1. The Bertz CT molecular complexity index is 708. The van der Waals surface area contributed by atoms with Gasteiger partial charge in [-0.15, -0.1) is 0 Å². The average molecular weight is 424 g/mol. The maximum absolute atomic E-state index is 13.3. The normalized spacial score (nSPS) is 32.2. The lowest BCUT2D eigenvalue weighted by molar-refractivity contribution is -0.182. The number of carbonyl (C=O) groups excluding carboxylic acids is 3. The van der Waals surface area contributed by atoms with Crippen LogP contribution in [0.1, 0.15) is 51.4 Å². The summed E-state index contributed by atoms with van der Waals surface area (Å²) < 4.78 is 5.08. The molecule has 4 rings (SSSR count). The van der Waals surface area contributed by atoms with E-state index in [1.807, 2.05) is 0 Å². The standard InChI is InChI=1S/C21H33N3O6/c1-24(2)19(29)22-6-4-5-15(16(25)26)23-17(27)20-8-13-7-14(9-20)11-21(10-13,12-20)18(28)30-3/h13-15H,4-12H2,1-3H3,(H,22,29)(H,23,27)(H,25,26)/t13?,14?,15-,20?,21?/m0/s1. The zero-order valence-electron chi connectivity index (χ0n) is 18.0. The second kappa shape index (κ2) is 8.43. The van der Waals surface area contributed by atoms with E-state index in [0.29, 0.717) is 44.1 Å². The van der Waals surface area contributed by atoms with E-state index in [0.717, 1.165) is 19.3 Å². The van der Waals surface area contributed by atoms with Crippen LogP contribution < -0.4 is 10.6 Å². The lowest BCUT2D eigenvalue weighted by Crippen LogP contribution is -2.61. The topological polar surface area (TPSA) is 125 Å². The minimum atomic E-state index is -1.09. The van der Waals surface area contributed by atoms with E-state index >= 15 is 0 Å². The molecule has 2 unspecified atom stereocenters. The van der Waals surface area contributed by atoms with Crippen molar-refractivity contribution in [1.29, 1.82) is 0 Å². The third-order valence-electron chi connectivity index (χ3n) is 7.12. The summed E-state index contributed by atoms with van der Waals surface area (Å²) in [5.74, 6) is -0.967. The van der Waals surface area contributed by atoms with Crippen molar-refractivity contribution in [3.63, 3.8) is 0 Å². The van der Waals surface area contributed by atoms with Crippen LogP contribution in [0.5, 0.6) is 0 Å². The molecule has 0 saturated heterocycles. The van der Waals surface area contributed by atoms with Gasteiger partial charge in [0.1, 0.15) is 6.04 Å². The Morgan fingerprint density at radius 2 is 1.70 bits per heavy atom. The number of rotatable bonds is 8. The van der Waals surface area contributed by atoms with Gasteiger partial charge >= 0.3 is 18.0 Å². The molecule has 4 fully saturated rings. The number of carboxylic acid groups (broad SMARTS) is 1. The van der Waals surface area contributed by atoms with Crippen LogP contribution in [0.2, 0.25) is 0 Å². The van der Waals surface area contributed by atoms with E-state index in [-0.39, 0.29) is 24.3 Å². The number of nitrogens with zero attached hydrogens (tertiary/aromatic N) is 1. The molecule has 30 heavy (non-hydrogen) atoms. The van der Waals surface area contributed by atoms with Crippen molar-refractivity contribution in [3.8, 4) is 0 Å². The fourth-order valence-electron chi connectivity index (χ4n) is 6.21. The molecule has 3 N–H and O–H groups in total. The zero-order valence-corrected chi connectivity index (χ0v) is 18.0. The van der Waals surface area contributed by atoms with Gasteiger partial charge in [0.05, 0.1) is 17.9 Å². The summed E-state index contributed by atoms with van der Waals surface area (Å²) in [6.07, 6.45) is 5.07. The SMILES string of the molecule is COC(=O)C12CC3CC(CC(C(=O)N[C@@H](CCCNC(=O)N(C)C)C(=O)O)(C3)C1)C2. The average Bonchev–Trinajstić information content (AvgIpc) is 2.67. The number of carbonyl (C=O) groups is 4. The first-order chi connectivity index (χ1) is 14.1. The Hall–Kier alpha value is -2.32. The predicted octanol–water partition coefficient (Wildman–Crippen LogP) is 1.37. The summed E-state index contributed by atoms with van der Waals surface area (Å²) in [5, 5.41) is 15.0. The van der Waals surface area contributed by atoms with Gasteiger partial charge in [0, 0.05) is 20.6 Å². The lowest BCUT2D eigenvalue weighted by Gasteiger charge is -2.59. The van der Waals surface area contributed by atoms with Crippen LogP contribution in [-0.4, -0.2) is 67.7 Å². The summed E-state index contributed by atoms with van der Waals surface area (Å²) >= 11 is 0. The Morgan fingerprint density at radius 3 is 2.23 bits per heavy atom. The molecule has 168 valence electrons. The summed E-state index contributed by atoms with van der Waals surface area (Å²) in [6, 6.07) is -1.26. The van der Waals surface area contributed by atoms with Crippen LogP contribution in [0, 0.1) is 22.7 Å². The largest absolute Gasteiger partial charge is 0.480 e. The highest BCUT2D eigenvalue weighted by atomic mass is 16.5. The predicted molar refractivity (Wildman–Crippen MR) is 107 cm³/mol. The minimum Gasteiger partial charge on any atom is -0.480 e. The number of hydrogen-bond donors (Lipinski definition) is 3. The van der Waals surface area contributed by atoms with Gasteiger partial charge in [0.2, 0.25) is 5.91 Å². The van der Waals surface area contributed by atoms with Crippen LogP contribution in [0.25, 0.3) is 0 Å². The zero-order chi connectivity index (χ0) is 22.1. The molecular weight excluding hydrogens is 390 g/mol. The van der Waals surface area contributed by atoms with Crippen LogP contribution >= 0.6 is 0 Å². The molecule has 4 bridgehead atoms. The molecule has 0 aromatic rings. The maximum Gasteiger partial charge on any atom is 0.326 e. The molecule has 4 aliphatic rings. The van der Waals surface area contributed by atoms with Gasteiger partial charge in [-0.3, -0.25) is 9.59 Å². The highest BCUT2D eigenvalue weighted by molar-refractivity contribution is 5.89. The molecule has 0 spiro atoms. The van der Waals surface area contributed by atoms with Crippen molar-refractivity contribution < 1.29 is 29.0 Å². The molecule has 0 aromatic heterocycles. The van der Waals surface area contributed by atoms with Gasteiger partial charge in [0.15, 0.2) is 0 Å². The first-order valence-corrected chi connectivity index (χ1v) is 10.7. The molecule has 0 radical (unpaired) electrons. The summed E-state index contributed by atoms with van der Waals surface area (Å²) in [4.78, 5) is 50.5. The van der Waals surface area contributed by atoms with Crippen molar-refractivity contribution in [2.75, 3.05) is 27.7 Å². The van der Waals surface area contributed by atoms with E-state index in [1.54, 1.807) is 14.1 Å². The van der Waals surface area contributed by atoms with E-state index in [2.05, 4.69) is 10.6 Å². The van der Waals surface area contributed by atoms with Crippen LogP contribution in [0.3, 0.4) is 0 Å². The Kier molecular flexibility index (Phi) is 6.29. The van der Waals surface area contributed by atoms with Gasteiger partial charge in [0.25, 0.3) is 0 Å². The van der Waals surface area contributed by atoms with Gasteiger partial charge in [-0.1, -0.05) is 0 Å². The van der Waals surface area contributed by atoms with Crippen molar-refractivity contribution in [2.45, 2.75) is 57.4 Å². The number of nitrogens with one attached hydrogen (secondary N) is 2. The second-order valence-electron chi connectivity index (χ2n) is 9.65. The van der Waals surface area contributed by atoms with E-state index in [1.165, 1.54) is 12.0 Å². The van der Waals surface area contributed by atoms with E-state index in [4.69, 9.17) is 4.74 Å². The monoisotopic (exact) mass is 423 g/mol. The van der Waals surface area contributed by atoms with E-state index in [9.17, 15) is 24.3 Å². The summed E-state index contributed by atoms with van der Waals surface area (Å²) in [6.45, 7) is 0.331. The van der Waals surface area contributed by atoms with Crippen molar-refractivity contribution >= 4 is 23.9 Å². The fourth-order valence-corrected chi connectivity index (χ4v) is 6.21. The smallest absolute Gasteiger partial charge is 0.326 e. The van der Waals surface area contributed by atoms with Crippen molar-refractivity contribution in [3.05, 3.63) is 0 Å². The molecule has 0 aliphatic heterocycles. The third kappa shape index (κ3) is 4.25. The van der Waals surface area contributed by atoms with Crippen molar-refractivity contribution in [2.24, 2.45) is 22.7 Å². The van der Waals surface area contributed by atoms with Gasteiger partial charge < -0.3 is 25.4 Å². The number of methoxy groups -OCH3 is 1. The highest BCUT2D eigenvalue weighted by Gasteiger charge is 2.63. The first-order valence-electron chi connectivity index (χ1n) is 10.7. The van der Waals surface area contributed by atoms with E-state index < -0.39 is 22.8 Å². The van der Waals surface area contributed by atoms with Crippen LogP contribution in [-0.2, 0) is 19.1 Å². The molecule has 9 nitrogen and oxygen atoms in total. The van der Waals surface area contributed by atoms with Crippen LogP contribution in [0.15, 0.2) is 0 Å². The number of ether oxygens (including phenoxy) is 1. The number of carboxylic acids is 1. The molecule has 3 amide bonds. The molecule has 9 heteroatoms. The fraction of sp³-hybridized carbons (Fsp3) is 0.810. The molecule has 4 saturated carbocycles. The molecule has 4 aliphatic carbocycles. The van der Waals surface area contributed by atoms with Crippen molar-refractivity contribution in [1.82, 2.24) is 15.5 Å². The molecule has 3 atom stereocenters. The first kappa shape index (κ1) is 22.4. The summed E-state index contributed by atoms with van der Waals surface area (Å²) in [5.41, 5.74) is -1.30. The summed E-state index contributed by atoms with van der Waals surface area (Å²) in [7, 11) is 4.65. The Balaban J connectivity index is 1.64. The Labute approximate surface area is 176 Å². The minimum absolute atomic E-state index is 0.222. The Morgan fingerprint density at radius 1 is 1.10 bits per heavy atom. The van der Waals surface area contributed by atoms with Gasteiger partial charge in [-0.25, -0.2) is 9.59 Å². The molecule has 0 aromatic carbocycles. The van der Waals surface area contributed by atoms with Gasteiger partial charge in [-0.2, -0.15) is 0 Å². The quantitative estimate of drug-likeness (QED) is 0.400. The molecule has 0 heterocycles. The van der Waals surface area contributed by atoms with Gasteiger partial charge in [-0.05, 0) is 63.2 Å². The maximum atomic E-state index is 13.3. The third-order valence-corrected chi connectivity index (χ3v) is 7.12.